The van der Waals surface area contributed by atoms with Crippen molar-refractivity contribution in [3.05, 3.63) is 70.8 Å². The largest absolute Gasteiger partial charge is 0.456 e. The Morgan fingerprint density at radius 1 is 1.04 bits per heavy atom. The van der Waals surface area contributed by atoms with E-state index in [-0.39, 0.29) is 37.0 Å². The minimum absolute atomic E-state index is 0.0425. The fourth-order valence-electron chi connectivity index (χ4n) is 2.27. The number of ketones is 1. The lowest BCUT2D eigenvalue weighted by molar-refractivity contribution is -0.145. The minimum Gasteiger partial charge on any atom is -0.456 e. The maximum atomic E-state index is 12.8. The molecule has 1 heterocycles. The number of aromatic nitrogens is 2. The normalized spacial score (nSPS) is 10.6. The van der Waals surface area contributed by atoms with Gasteiger partial charge >= 0.3 is 5.97 Å². The van der Waals surface area contributed by atoms with E-state index < -0.39 is 11.8 Å². The number of ether oxygens (including phenoxy) is 1. The maximum absolute atomic E-state index is 12.8. The van der Waals surface area contributed by atoms with Gasteiger partial charge in [-0.2, -0.15) is 0 Å². The standard InChI is InChI=1S/C19H14ClFN2O4/c20-15-4-2-1-3-14(15)19-23-22-17(27-19)11-26-18(25)10-9-16(24)12-5-7-13(21)8-6-12/h1-8H,9-11H2. The zero-order valence-electron chi connectivity index (χ0n) is 14.0. The smallest absolute Gasteiger partial charge is 0.306 e. The molecule has 8 heteroatoms. The lowest BCUT2D eigenvalue weighted by Gasteiger charge is -2.02. The summed E-state index contributed by atoms with van der Waals surface area (Å²) in [7, 11) is 0. The van der Waals surface area contributed by atoms with Crippen LogP contribution in [0.25, 0.3) is 11.5 Å². The van der Waals surface area contributed by atoms with E-state index in [4.69, 9.17) is 20.8 Å². The first-order valence-electron chi connectivity index (χ1n) is 8.04. The predicted octanol–water partition coefficient (Wildman–Crippen LogP) is 4.24. The van der Waals surface area contributed by atoms with Gasteiger partial charge in [-0.1, -0.05) is 23.7 Å². The lowest BCUT2D eigenvalue weighted by atomic mass is 10.1. The molecule has 0 radical (unpaired) electrons. The van der Waals surface area contributed by atoms with E-state index in [0.29, 0.717) is 16.1 Å². The van der Waals surface area contributed by atoms with Crippen molar-refractivity contribution >= 4 is 23.4 Å². The number of hydrogen-bond acceptors (Lipinski definition) is 6. The van der Waals surface area contributed by atoms with Gasteiger partial charge in [0.25, 0.3) is 5.89 Å². The number of esters is 1. The monoisotopic (exact) mass is 388 g/mol. The molecule has 27 heavy (non-hydrogen) atoms. The van der Waals surface area contributed by atoms with Crippen molar-refractivity contribution in [1.29, 1.82) is 0 Å². The van der Waals surface area contributed by atoms with Crippen LogP contribution >= 0.6 is 11.6 Å². The summed E-state index contributed by atoms with van der Waals surface area (Å²) in [6, 6.07) is 12.1. The van der Waals surface area contributed by atoms with Gasteiger partial charge in [-0.15, -0.1) is 10.2 Å². The number of halogens is 2. The molecule has 0 saturated carbocycles. The van der Waals surface area contributed by atoms with Crippen LogP contribution in [0.15, 0.2) is 52.9 Å². The summed E-state index contributed by atoms with van der Waals surface area (Å²) >= 11 is 6.06. The van der Waals surface area contributed by atoms with E-state index in [2.05, 4.69) is 10.2 Å². The van der Waals surface area contributed by atoms with Crippen LogP contribution in [-0.4, -0.2) is 21.9 Å². The van der Waals surface area contributed by atoms with Crippen molar-refractivity contribution < 1.29 is 23.1 Å². The number of benzene rings is 2. The second-order valence-electron chi connectivity index (χ2n) is 5.57. The zero-order valence-corrected chi connectivity index (χ0v) is 14.8. The molecule has 0 N–H and O–H groups in total. The number of rotatable bonds is 7. The number of Topliss-reactive ketones (excluding diaryl/α,β-unsaturated/α-hetero) is 1. The highest BCUT2D eigenvalue weighted by Gasteiger charge is 2.14. The van der Waals surface area contributed by atoms with Crippen molar-refractivity contribution in [2.24, 2.45) is 0 Å². The van der Waals surface area contributed by atoms with Gasteiger partial charge in [-0.3, -0.25) is 9.59 Å². The summed E-state index contributed by atoms with van der Waals surface area (Å²) < 4.78 is 23.3. The van der Waals surface area contributed by atoms with E-state index in [1.807, 2.05) is 0 Å². The van der Waals surface area contributed by atoms with Crippen molar-refractivity contribution in [3.63, 3.8) is 0 Å². The molecule has 6 nitrogen and oxygen atoms in total. The molecule has 0 amide bonds. The van der Waals surface area contributed by atoms with Gasteiger partial charge in [0.15, 0.2) is 12.4 Å². The molecule has 0 fully saturated rings. The number of carbonyl (C=O) groups is 2. The molecule has 2 aromatic carbocycles. The van der Waals surface area contributed by atoms with E-state index >= 15 is 0 Å². The summed E-state index contributed by atoms with van der Waals surface area (Å²) in [5.74, 6) is -0.948. The van der Waals surface area contributed by atoms with E-state index in [1.165, 1.54) is 24.3 Å². The number of hydrogen-bond donors (Lipinski definition) is 0. The molecule has 138 valence electrons. The molecule has 1 aromatic heterocycles. The first kappa shape index (κ1) is 18.7. The Kier molecular flexibility index (Phi) is 5.93. The lowest BCUT2D eigenvalue weighted by Crippen LogP contribution is -2.08. The van der Waals surface area contributed by atoms with Gasteiger partial charge in [-0.05, 0) is 36.4 Å². The van der Waals surface area contributed by atoms with Crippen LogP contribution in [-0.2, 0) is 16.1 Å². The summed E-state index contributed by atoms with van der Waals surface area (Å²) in [5, 5.41) is 8.13. The average molecular weight is 389 g/mol. The Bertz CT molecular complexity index is 956. The maximum Gasteiger partial charge on any atom is 0.306 e. The van der Waals surface area contributed by atoms with Gasteiger partial charge in [0.05, 0.1) is 17.0 Å². The Hall–Kier alpha value is -3.06. The third kappa shape index (κ3) is 4.98. The van der Waals surface area contributed by atoms with E-state index in [0.717, 1.165) is 0 Å². The van der Waals surface area contributed by atoms with Crippen molar-refractivity contribution in [1.82, 2.24) is 10.2 Å². The molecule has 0 spiro atoms. The SMILES string of the molecule is O=C(CCC(=O)c1ccc(F)cc1)OCc1nnc(-c2ccccc2Cl)o1. The average Bonchev–Trinajstić information content (AvgIpc) is 3.14. The second-order valence-corrected chi connectivity index (χ2v) is 5.98. The highest BCUT2D eigenvalue weighted by atomic mass is 35.5. The first-order valence-corrected chi connectivity index (χ1v) is 8.42. The molecular weight excluding hydrogens is 375 g/mol. The molecule has 0 bridgehead atoms. The molecule has 0 saturated heterocycles. The fourth-order valence-corrected chi connectivity index (χ4v) is 2.48. The third-order valence-corrected chi connectivity index (χ3v) is 3.98. The molecular formula is C19H14ClFN2O4. The van der Waals surface area contributed by atoms with Crippen LogP contribution in [0, 0.1) is 5.82 Å². The molecule has 0 aliphatic carbocycles. The second kappa shape index (κ2) is 8.55. The number of carbonyl (C=O) groups excluding carboxylic acids is 2. The van der Waals surface area contributed by atoms with Crippen LogP contribution in [0.4, 0.5) is 4.39 Å². The van der Waals surface area contributed by atoms with Gasteiger partial charge < -0.3 is 9.15 Å². The van der Waals surface area contributed by atoms with Crippen molar-refractivity contribution in [2.75, 3.05) is 0 Å². The van der Waals surface area contributed by atoms with E-state index in [9.17, 15) is 14.0 Å². The zero-order chi connectivity index (χ0) is 19.2. The predicted molar refractivity (Wildman–Crippen MR) is 94.5 cm³/mol. The summed E-state index contributed by atoms with van der Waals surface area (Å²) in [5.41, 5.74) is 0.916. The fraction of sp³-hybridized carbons (Fsp3) is 0.158. The topological polar surface area (TPSA) is 82.3 Å². The van der Waals surface area contributed by atoms with Gasteiger partial charge in [0, 0.05) is 12.0 Å². The summed E-state index contributed by atoms with van der Waals surface area (Å²) in [4.78, 5) is 23.7. The number of nitrogens with zero attached hydrogens (tertiary/aromatic N) is 2. The summed E-state index contributed by atoms with van der Waals surface area (Å²) in [6.45, 7) is -0.207. The van der Waals surface area contributed by atoms with Crippen LogP contribution in [0.3, 0.4) is 0 Å². The Labute approximate surface area is 158 Å². The van der Waals surface area contributed by atoms with Gasteiger partial charge in [-0.25, -0.2) is 4.39 Å². The summed E-state index contributed by atoms with van der Waals surface area (Å²) in [6.07, 6.45) is -0.152. The Morgan fingerprint density at radius 3 is 2.52 bits per heavy atom. The highest BCUT2D eigenvalue weighted by Crippen LogP contribution is 2.26. The van der Waals surface area contributed by atoms with Crippen LogP contribution in [0.5, 0.6) is 0 Å². The van der Waals surface area contributed by atoms with Crippen LogP contribution in [0.1, 0.15) is 29.1 Å². The first-order chi connectivity index (χ1) is 13.0. The molecule has 0 aliphatic rings. The molecule has 3 rings (SSSR count). The molecule has 3 aromatic rings. The quantitative estimate of drug-likeness (QED) is 0.445. The third-order valence-electron chi connectivity index (χ3n) is 3.65. The Balaban J connectivity index is 1.49. The van der Waals surface area contributed by atoms with Gasteiger partial charge in [0.2, 0.25) is 5.89 Å². The van der Waals surface area contributed by atoms with Crippen LogP contribution < -0.4 is 0 Å². The van der Waals surface area contributed by atoms with Crippen LogP contribution in [0.2, 0.25) is 5.02 Å². The highest BCUT2D eigenvalue weighted by molar-refractivity contribution is 6.33. The van der Waals surface area contributed by atoms with Crippen molar-refractivity contribution in [3.8, 4) is 11.5 Å². The van der Waals surface area contributed by atoms with E-state index in [1.54, 1.807) is 24.3 Å². The van der Waals surface area contributed by atoms with Gasteiger partial charge in [0.1, 0.15) is 5.82 Å². The molecule has 0 aliphatic heterocycles. The molecule has 0 unspecified atom stereocenters. The molecule has 0 atom stereocenters. The minimum atomic E-state index is -0.581. The van der Waals surface area contributed by atoms with Crippen molar-refractivity contribution in [2.45, 2.75) is 19.4 Å². The Morgan fingerprint density at radius 2 is 1.78 bits per heavy atom.